The normalized spacial score (nSPS) is 17.7. The van der Waals surface area contributed by atoms with Crippen LogP contribution in [0, 0.1) is 0 Å². The summed E-state index contributed by atoms with van der Waals surface area (Å²) in [6.07, 6.45) is 12.7. The fourth-order valence-corrected chi connectivity index (χ4v) is 8.85. The molecule has 2 aromatic carbocycles. The van der Waals surface area contributed by atoms with Gasteiger partial charge in [-0.15, -0.1) is 0 Å². The van der Waals surface area contributed by atoms with Crippen molar-refractivity contribution in [2.75, 3.05) is 23.0 Å². The third-order valence-electron chi connectivity index (χ3n) is 7.82. The number of rotatable bonds is 13. The Kier molecular flexibility index (Phi) is 10.5. The molecule has 2 heterocycles. The first-order chi connectivity index (χ1) is 21.0. The maximum atomic E-state index is 11.1. The zero-order chi connectivity index (χ0) is 31.3. The van der Waals surface area contributed by atoms with E-state index in [1.807, 2.05) is 24.3 Å². The molecular weight excluding hydrogens is 637 g/mol. The van der Waals surface area contributed by atoms with Gasteiger partial charge in [-0.1, -0.05) is 59.5 Å². The van der Waals surface area contributed by atoms with E-state index in [2.05, 4.69) is 65.0 Å². The largest absolute Gasteiger partial charge is 0.335 e. The summed E-state index contributed by atoms with van der Waals surface area (Å²) >= 11 is 3.42. The number of anilines is 1. The highest BCUT2D eigenvalue weighted by atomic mass is 32.2. The van der Waals surface area contributed by atoms with Gasteiger partial charge in [0, 0.05) is 30.0 Å². The minimum atomic E-state index is -3.96. The zero-order valence-electron chi connectivity index (χ0n) is 24.6. The first kappa shape index (κ1) is 32.6. The molecule has 12 heteroatoms. The lowest BCUT2D eigenvalue weighted by molar-refractivity contribution is -0.669. The van der Waals surface area contributed by atoms with Gasteiger partial charge in [0.15, 0.2) is 6.54 Å². The van der Waals surface area contributed by atoms with Crippen molar-refractivity contribution in [2.45, 2.75) is 56.9 Å². The van der Waals surface area contributed by atoms with E-state index in [4.69, 9.17) is 9.11 Å². The number of thiazole rings is 1. The SMILES string of the molecule is CC1=C(/C=C/c2sc3ccccc3[n+]2CCCCS(=O)(=O)O)CC/C1=C\C=C1/Sc2ccccc2N1CCCCS(=O)(=O)O. The fourth-order valence-electron chi connectivity index (χ4n) is 5.53. The van der Waals surface area contributed by atoms with Crippen LogP contribution in [0.5, 0.6) is 0 Å². The molecule has 8 nitrogen and oxygen atoms in total. The molecule has 0 fully saturated rings. The number of fused-ring (bicyclic) bond motifs is 2. The van der Waals surface area contributed by atoms with E-state index in [9.17, 15) is 16.8 Å². The van der Waals surface area contributed by atoms with Crippen LogP contribution in [0.15, 0.2) is 93.4 Å². The summed E-state index contributed by atoms with van der Waals surface area (Å²) in [7, 11) is -7.91. The van der Waals surface area contributed by atoms with Crippen LogP contribution in [0.2, 0.25) is 0 Å². The Morgan fingerprint density at radius 3 is 2.34 bits per heavy atom. The van der Waals surface area contributed by atoms with E-state index >= 15 is 0 Å². The highest BCUT2D eigenvalue weighted by molar-refractivity contribution is 8.03. The summed E-state index contributed by atoms with van der Waals surface area (Å²) in [5, 5.41) is 2.20. The number of aromatic nitrogens is 1. The molecule has 44 heavy (non-hydrogen) atoms. The fraction of sp³-hybridized carbons (Fsp3) is 0.344. The molecule has 0 amide bonds. The average Bonchev–Trinajstić information content (AvgIpc) is 3.62. The Balaban J connectivity index is 1.32. The van der Waals surface area contributed by atoms with E-state index < -0.39 is 20.2 Å². The molecule has 0 unspecified atom stereocenters. The molecule has 0 atom stereocenters. The van der Waals surface area contributed by atoms with E-state index in [-0.39, 0.29) is 11.5 Å². The van der Waals surface area contributed by atoms with Gasteiger partial charge in [0.1, 0.15) is 4.70 Å². The lowest BCUT2D eigenvalue weighted by Gasteiger charge is -2.20. The molecule has 1 aliphatic heterocycles. The van der Waals surface area contributed by atoms with Gasteiger partial charge in [-0.3, -0.25) is 9.11 Å². The minimum Gasteiger partial charge on any atom is -0.335 e. The van der Waals surface area contributed by atoms with E-state index in [0.717, 1.165) is 34.1 Å². The van der Waals surface area contributed by atoms with Crippen LogP contribution >= 0.6 is 23.1 Å². The van der Waals surface area contributed by atoms with Crippen molar-refractivity contribution in [3.05, 3.63) is 93.5 Å². The van der Waals surface area contributed by atoms with Gasteiger partial charge in [-0.05, 0) is 80.0 Å². The molecule has 1 aromatic heterocycles. The highest BCUT2D eigenvalue weighted by Gasteiger charge is 2.25. The number of nitrogens with zero attached hydrogens (tertiary/aromatic N) is 2. The van der Waals surface area contributed by atoms with Crippen molar-refractivity contribution in [2.24, 2.45) is 0 Å². The molecule has 5 rings (SSSR count). The van der Waals surface area contributed by atoms with Gasteiger partial charge >= 0.3 is 0 Å². The van der Waals surface area contributed by atoms with Gasteiger partial charge in [-0.2, -0.15) is 21.4 Å². The summed E-state index contributed by atoms with van der Waals surface area (Å²) in [4.78, 5) is 3.40. The van der Waals surface area contributed by atoms with Crippen molar-refractivity contribution in [3.8, 4) is 0 Å². The summed E-state index contributed by atoms with van der Waals surface area (Å²) in [6.45, 7) is 3.50. The molecule has 0 radical (unpaired) electrons. The number of aryl methyl sites for hydroxylation is 1. The number of para-hydroxylation sites is 2. The van der Waals surface area contributed by atoms with Crippen LogP contribution in [-0.2, 0) is 26.8 Å². The Hall–Kier alpha value is -2.74. The van der Waals surface area contributed by atoms with Crippen LogP contribution in [0.25, 0.3) is 16.3 Å². The molecule has 0 saturated heterocycles. The lowest BCUT2D eigenvalue weighted by Crippen LogP contribution is -2.35. The number of allylic oxidation sites excluding steroid dienone is 6. The van der Waals surface area contributed by atoms with Crippen molar-refractivity contribution in [1.29, 1.82) is 0 Å². The predicted molar refractivity (Wildman–Crippen MR) is 180 cm³/mol. The standard InChI is InChI=1S/C32H36N2O6S4/c1-24-25(16-18-31-33(20-6-8-22-43(35,36)37)27-10-2-4-12-29(27)41-31)14-15-26(24)17-19-32-34(21-7-9-23-44(38,39)40)28-11-3-5-13-30(28)42-32/h2-5,10-13,16-19H,6-9,14-15,20-23H2,1H3,(H-,35,36,37,38,39,40)/p+1. The smallest absolute Gasteiger partial charge is 0.264 e. The highest BCUT2D eigenvalue weighted by Crippen LogP contribution is 2.46. The van der Waals surface area contributed by atoms with Crippen molar-refractivity contribution in [3.63, 3.8) is 0 Å². The molecule has 2 aliphatic rings. The number of hydrogen-bond donors (Lipinski definition) is 2. The van der Waals surface area contributed by atoms with Crippen LogP contribution in [0.1, 0.15) is 50.5 Å². The van der Waals surface area contributed by atoms with Gasteiger partial charge in [0.2, 0.25) is 5.52 Å². The van der Waals surface area contributed by atoms with Crippen LogP contribution in [0.4, 0.5) is 5.69 Å². The zero-order valence-corrected chi connectivity index (χ0v) is 27.8. The average molecular weight is 674 g/mol. The van der Waals surface area contributed by atoms with Gasteiger partial charge in [0.05, 0.1) is 22.2 Å². The predicted octanol–water partition coefficient (Wildman–Crippen LogP) is 7.03. The second-order valence-corrected chi connectivity index (χ2v) is 16.2. The van der Waals surface area contributed by atoms with Crippen LogP contribution in [0.3, 0.4) is 0 Å². The molecular formula is C32H37N2O6S4+. The number of hydrogen-bond acceptors (Lipinski definition) is 7. The van der Waals surface area contributed by atoms with Crippen molar-refractivity contribution in [1.82, 2.24) is 0 Å². The second-order valence-electron chi connectivity index (χ2n) is 10.9. The lowest BCUT2D eigenvalue weighted by atomic mass is 10.1. The maximum Gasteiger partial charge on any atom is 0.264 e. The number of benzene rings is 2. The first-order valence-corrected chi connectivity index (χ1v) is 19.5. The van der Waals surface area contributed by atoms with Gasteiger partial charge in [-0.25, -0.2) is 0 Å². The third-order valence-corrected chi connectivity index (χ3v) is 11.7. The summed E-state index contributed by atoms with van der Waals surface area (Å²) in [5.74, 6) is -0.455. The Bertz CT molecular complexity index is 1870. The topological polar surface area (TPSA) is 116 Å². The van der Waals surface area contributed by atoms with Crippen LogP contribution < -0.4 is 9.47 Å². The first-order valence-electron chi connectivity index (χ1n) is 14.6. The summed E-state index contributed by atoms with van der Waals surface area (Å²) < 4.78 is 66.2. The molecule has 234 valence electrons. The molecule has 2 N–H and O–H groups in total. The third kappa shape index (κ3) is 8.49. The quantitative estimate of drug-likeness (QED) is 0.113. The van der Waals surface area contributed by atoms with Crippen molar-refractivity contribution < 1.29 is 30.5 Å². The monoisotopic (exact) mass is 673 g/mol. The van der Waals surface area contributed by atoms with E-state index in [1.165, 1.54) is 26.3 Å². The Morgan fingerprint density at radius 1 is 0.864 bits per heavy atom. The number of unbranched alkanes of at least 4 members (excludes halogenated alkanes) is 2. The molecule has 3 aromatic rings. The van der Waals surface area contributed by atoms with E-state index in [1.54, 1.807) is 23.1 Å². The molecule has 1 aliphatic carbocycles. The summed E-state index contributed by atoms with van der Waals surface area (Å²) in [6, 6.07) is 16.4. The second kappa shape index (κ2) is 14.1. The molecule has 0 bridgehead atoms. The van der Waals surface area contributed by atoms with Gasteiger partial charge < -0.3 is 4.90 Å². The van der Waals surface area contributed by atoms with Gasteiger partial charge in [0.25, 0.3) is 25.2 Å². The van der Waals surface area contributed by atoms with Crippen LogP contribution in [-0.4, -0.2) is 44.0 Å². The molecule has 0 spiro atoms. The molecule has 0 saturated carbocycles. The van der Waals surface area contributed by atoms with Crippen molar-refractivity contribution >= 4 is 65.3 Å². The Labute approximate surface area is 268 Å². The maximum absolute atomic E-state index is 11.1. The minimum absolute atomic E-state index is 0.228. The summed E-state index contributed by atoms with van der Waals surface area (Å²) in [5.41, 5.74) is 6.07. The van der Waals surface area contributed by atoms with E-state index in [0.29, 0.717) is 38.8 Å². The number of thioether (sulfide) groups is 1. The Morgan fingerprint density at radius 2 is 1.57 bits per heavy atom.